The molecule has 30 heavy (non-hydrogen) atoms. The fourth-order valence-corrected chi connectivity index (χ4v) is 9.05. The molecular formula is C27H39N3. The van der Waals surface area contributed by atoms with Crippen LogP contribution in [0.25, 0.3) is 0 Å². The van der Waals surface area contributed by atoms with Gasteiger partial charge in [0.2, 0.25) is 0 Å². The number of aromatic nitrogens is 2. The Morgan fingerprint density at radius 3 is 2.77 bits per heavy atom. The summed E-state index contributed by atoms with van der Waals surface area (Å²) in [4.78, 5) is 8.95. The van der Waals surface area contributed by atoms with Crippen molar-refractivity contribution in [2.75, 3.05) is 0 Å². The molecule has 3 nitrogen and oxygen atoms in total. The molecule has 0 radical (unpaired) electrons. The zero-order valence-electron chi connectivity index (χ0n) is 19.2. The molecule has 4 saturated carbocycles. The monoisotopic (exact) mass is 405 g/mol. The standard InChI is InChI=1S/C27H39N3/c1-17-4-6-21-19(14-17)5-7-23-22(21)10-12-27(3)24(8-9-25(23)27)18(2)15-26-29-13-11-20(16-28)30-26/h11,13,17-19,21-25H,4-10,12,14-15H2,1-3H3/t17-,18+,19+,21-,22?,23+,24?,25?,27+/m0/s1. The number of fused-ring (bicyclic) bond motifs is 5. The summed E-state index contributed by atoms with van der Waals surface area (Å²) in [6.07, 6.45) is 15.9. The molecule has 0 saturated heterocycles. The third kappa shape index (κ3) is 3.39. The van der Waals surface area contributed by atoms with Crippen LogP contribution in [0, 0.1) is 64.1 Å². The van der Waals surface area contributed by atoms with Gasteiger partial charge in [-0.1, -0.05) is 27.2 Å². The summed E-state index contributed by atoms with van der Waals surface area (Å²) in [5.74, 6) is 8.25. The molecule has 0 aliphatic heterocycles. The first-order chi connectivity index (χ1) is 14.5. The highest BCUT2D eigenvalue weighted by molar-refractivity contribution is 5.18. The van der Waals surface area contributed by atoms with Crippen LogP contribution < -0.4 is 0 Å². The van der Waals surface area contributed by atoms with Gasteiger partial charge in [-0.25, -0.2) is 9.97 Å². The number of rotatable bonds is 3. The van der Waals surface area contributed by atoms with E-state index in [2.05, 4.69) is 36.8 Å². The van der Waals surface area contributed by atoms with Gasteiger partial charge in [-0.15, -0.1) is 0 Å². The van der Waals surface area contributed by atoms with Crippen molar-refractivity contribution in [3.63, 3.8) is 0 Å². The van der Waals surface area contributed by atoms with E-state index in [9.17, 15) is 0 Å². The van der Waals surface area contributed by atoms with Crippen LogP contribution in [0.3, 0.4) is 0 Å². The molecule has 0 bridgehead atoms. The molecule has 4 aliphatic rings. The van der Waals surface area contributed by atoms with Gasteiger partial charge < -0.3 is 0 Å². The first-order valence-electron chi connectivity index (χ1n) is 12.7. The van der Waals surface area contributed by atoms with E-state index in [0.717, 1.165) is 53.7 Å². The molecule has 0 spiro atoms. The number of nitrogens with zero attached hydrogens (tertiary/aromatic N) is 3. The van der Waals surface area contributed by atoms with Crippen molar-refractivity contribution in [2.24, 2.45) is 52.8 Å². The van der Waals surface area contributed by atoms with Crippen molar-refractivity contribution in [3.05, 3.63) is 23.8 Å². The molecule has 1 heterocycles. The maximum absolute atomic E-state index is 9.17. The van der Waals surface area contributed by atoms with E-state index in [0.29, 0.717) is 17.0 Å². The van der Waals surface area contributed by atoms with Gasteiger partial charge in [-0.2, -0.15) is 5.26 Å². The van der Waals surface area contributed by atoms with Gasteiger partial charge >= 0.3 is 0 Å². The molecule has 3 unspecified atom stereocenters. The second-order valence-electron chi connectivity index (χ2n) is 11.7. The van der Waals surface area contributed by atoms with Crippen LogP contribution in [-0.4, -0.2) is 9.97 Å². The Balaban J connectivity index is 1.31. The van der Waals surface area contributed by atoms with Crippen molar-refractivity contribution in [3.8, 4) is 6.07 Å². The maximum Gasteiger partial charge on any atom is 0.144 e. The Kier molecular flexibility index (Phi) is 5.41. The molecule has 162 valence electrons. The molecular weight excluding hydrogens is 366 g/mol. The van der Waals surface area contributed by atoms with E-state index in [1.807, 2.05) is 0 Å². The predicted molar refractivity (Wildman–Crippen MR) is 119 cm³/mol. The molecule has 3 heteroatoms. The van der Waals surface area contributed by atoms with Crippen LogP contribution in [0.2, 0.25) is 0 Å². The molecule has 4 aliphatic carbocycles. The second-order valence-corrected chi connectivity index (χ2v) is 11.7. The summed E-state index contributed by atoms with van der Waals surface area (Å²) in [5.41, 5.74) is 1.00. The minimum atomic E-state index is 0.502. The summed E-state index contributed by atoms with van der Waals surface area (Å²) in [7, 11) is 0. The van der Waals surface area contributed by atoms with Gasteiger partial charge in [0, 0.05) is 12.6 Å². The van der Waals surface area contributed by atoms with Crippen LogP contribution in [0.4, 0.5) is 0 Å². The Morgan fingerprint density at radius 2 is 1.93 bits per heavy atom. The van der Waals surface area contributed by atoms with Gasteiger partial charge in [-0.3, -0.25) is 0 Å². The molecule has 0 N–H and O–H groups in total. The van der Waals surface area contributed by atoms with Crippen molar-refractivity contribution in [2.45, 2.75) is 85.0 Å². The fourth-order valence-electron chi connectivity index (χ4n) is 9.05. The van der Waals surface area contributed by atoms with E-state index >= 15 is 0 Å². The third-order valence-electron chi connectivity index (χ3n) is 10.3. The number of hydrogen-bond acceptors (Lipinski definition) is 3. The van der Waals surface area contributed by atoms with Crippen molar-refractivity contribution in [1.29, 1.82) is 5.26 Å². The first kappa shape index (κ1) is 20.5. The Hall–Kier alpha value is -1.43. The van der Waals surface area contributed by atoms with Gasteiger partial charge in [0.05, 0.1) is 0 Å². The lowest BCUT2D eigenvalue weighted by atomic mass is 9.48. The molecule has 9 atom stereocenters. The largest absolute Gasteiger partial charge is 0.241 e. The molecule has 1 aromatic rings. The van der Waals surface area contributed by atoms with Gasteiger partial charge in [0.1, 0.15) is 17.6 Å². The van der Waals surface area contributed by atoms with Crippen LogP contribution in [0.1, 0.15) is 90.1 Å². The highest BCUT2D eigenvalue weighted by Gasteiger charge is 2.57. The zero-order valence-corrected chi connectivity index (χ0v) is 19.2. The predicted octanol–water partition coefficient (Wildman–Crippen LogP) is 6.43. The second kappa shape index (κ2) is 7.92. The van der Waals surface area contributed by atoms with E-state index < -0.39 is 0 Å². The van der Waals surface area contributed by atoms with E-state index in [-0.39, 0.29) is 0 Å². The minimum Gasteiger partial charge on any atom is -0.241 e. The van der Waals surface area contributed by atoms with Gasteiger partial charge in [-0.05, 0) is 110 Å². The first-order valence-corrected chi connectivity index (χ1v) is 12.7. The average molecular weight is 406 g/mol. The van der Waals surface area contributed by atoms with E-state index in [1.54, 1.807) is 12.3 Å². The summed E-state index contributed by atoms with van der Waals surface area (Å²) < 4.78 is 0. The Morgan fingerprint density at radius 1 is 1.10 bits per heavy atom. The Bertz CT molecular complexity index is 813. The van der Waals surface area contributed by atoms with E-state index in [1.165, 1.54) is 57.8 Å². The summed E-state index contributed by atoms with van der Waals surface area (Å²) >= 11 is 0. The topological polar surface area (TPSA) is 49.6 Å². The van der Waals surface area contributed by atoms with Gasteiger partial charge in [0.25, 0.3) is 0 Å². The fraction of sp³-hybridized carbons (Fsp3) is 0.815. The molecule has 1 aromatic heterocycles. The molecule has 0 aromatic carbocycles. The summed E-state index contributed by atoms with van der Waals surface area (Å²) in [5, 5.41) is 9.17. The highest BCUT2D eigenvalue weighted by atomic mass is 14.9. The molecule has 0 amide bonds. The summed E-state index contributed by atoms with van der Waals surface area (Å²) in [6, 6.07) is 3.88. The van der Waals surface area contributed by atoms with Crippen molar-refractivity contribution in [1.82, 2.24) is 9.97 Å². The molecule has 4 fully saturated rings. The normalized spacial score (nSPS) is 43.7. The lowest BCUT2D eigenvalue weighted by Crippen LogP contribution is -2.49. The van der Waals surface area contributed by atoms with Crippen LogP contribution in [0.5, 0.6) is 0 Å². The summed E-state index contributed by atoms with van der Waals surface area (Å²) in [6.45, 7) is 7.55. The van der Waals surface area contributed by atoms with Gasteiger partial charge in [0.15, 0.2) is 0 Å². The quantitative estimate of drug-likeness (QED) is 0.582. The SMILES string of the molecule is C[C@H]1CC[C@@H]2C3CC[C@@]4(C)C(CCC4[C@H](C)Cc4nccc(C#N)n4)[C@@H]3CC[C@@H]2C1. The van der Waals surface area contributed by atoms with Crippen LogP contribution in [-0.2, 0) is 6.42 Å². The molecule has 5 rings (SSSR count). The van der Waals surface area contributed by atoms with Crippen molar-refractivity contribution >= 4 is 0 Å². The van der Waals surface area contributed by atoms with Crippen LogP contribution >= 0.6 is 0 Å². The lowest BCUT2D eigenvalue weighted by molar-refractivity contribution is -0.0728. The highest BCUT2D eigenvalue weighted by Crippen LogP contribution is 2.65. The number of nitriles is 1. The third-order valence-corrected chi connectivity index (χ3v) is 10.3. The smallest absolute Gasteiger partial charge is 0.144 e. The zero-order chi connectivity index (χ0) is 20.9. The minimum absolute atomic E-state index is 0.502. The average Bonchev–Trinajstić information content (AvgIpc) is 3.10. The lowest BCUT2D eigenvalue weighted by Gasteiger charge is -2.56. The van der Waals surface area contributed by atoms with Crippen molar-refractivity contribution < 1.29 is 0 Å². The van der Waals surface area contributed by atoms with Crippen LogP contribution in [0.15, 0.2) is 12.3 Å². The van der Waals surface area contributed by atoms with E-state index in [4.69, 9.17) is 5.26 Å². The number of hydrogen-bond donors (Lipinski definition) is 0. The maximum atomic E-state index is 9.17. The Labute approximate surface area is 183 Å².